The highest BCUT2D eigenvalue weighted by molar-refractivity contribution is 8.00. The van der Waals surface area contributed by atoms with E-state index in [9.17, 15) is 4.79 Å². The summed E-state index contributed by atoms with van der Waals surface area (Å²) in [5, 5.41) is 7.84. The van der Waals surface area contributed by atoms with Crippen LogP contribution in [-0.4, -0.2) is 15.7 Å². The number of carboxylic acid groups (broad SMARTS) is 1. The Hall–Kier alpha value is 0.170. The van der Waals surface area contributed by atoms with Crippen LogP contribution in [0.3, 0.4) is 0 Å². The molecule has 2 nitrogen and oxygen atoms in total. The number of hydrogen-bond acceptors (Lipinski definition) is 3. The minimum absolute atomic E-state index is 0.843. The molecule has 0 amide bonds. The van der Waals surface area contributed by atoms with Gasteiger partial charge in [0, 0.05) is 0 Å². The predicted molar refractivity (Wildman–Crippen MR) is 45.4 cm³/mol. The van der Waals surface area contributed by atoms with E-state index in [1.54, 1.807) is 0 Å². The van der Waals surface area contributed by atoms with E-state index in [1.807, 2.05) is 0 Å². The van der Waals surface area contributed by atoms with Crippen LogP contribution in [0.4, 0.5) is 0 Å². The van der Waals surface area contributed by atoms with Crippen LogP contribution in [0.25, 0.3) is 0 Å². The van der Waals surface area contributed by atoms with Gasteiger partial charge in [-0.25, -0.2) is 0 Å². The zero-order valence-corrected chi connectivity index (χ0v) is 7.32. The molecule has 0 rings (SSSR count). The molecule has 56 valence electrons. The van der Waals surface area contributed by atoms with E-state index >= 15 is 0 Å². The quantitative estimate of drug-likeness (QED) is 0.411. The Morgan fingerprint density at radius 3 is 1.67 bits per heavy atom. The lowest BCUT2D eigenvalue weighted by Crippen LogP contribution is -2.04. The van der Waals surface area contributed by atoms with Gasteiger partial charge in [-0.15, -0.1) is 0 Å². The van der Waals surface area contributed by atoms with E-state index in [0.29, 0.717) is 0 Å². The standard InChI is InChI=1S/C3H8.C2H4O2S2/c1-3-2;3-1(4)2(5)6/h3H2,1-2H3;2,5-6H,(H,3,4). The van der Waals surface area contributed by atoms with Crippen molar-refractivity contribution < 1.29 is 9.90 Å². The smallest absolute Gasteiger partial charge is 0.326 e. The molecule has 0 bridgehead atoms. The molecule has 0 saturated carbocycles. The predicted octanol–water partition coefficient (Wildman–Crippen LogP) is 1.67. The summed E-state index contributed by atoms with van der Waals surface area (Å²) in [5.41, 5.74) is 0. The summed E-state index contributed by atoms with van der Waals surface area (Å²) in [5.74, 6) is -1.01. The van der Waals surface area contributed by atoms with Gasteiger partial charge < -0.3 is 5.11 Å². The fourth-order valence-corrected chi connectivity index (χ4v) is 0. The van der Waals surface area contributed by atoms with Crippen LogP contribution in [0, 0.1) is 0 Å². The Balaban J connectivity index is 0. The first-order chi connectivity index (χ1) is 4.06. The lowest BCUT2D eigenvalue weighted by molar-refractivity contribution is -0.134. The summed E-state index contributed by atoms with van der Waals surface area (Å²) < 4.78 is -0.843. The van der Waals surface area contributed by atoms with E-state index in [2.05, 4.69) is 39.1 Å². The molecule has 0 saturated heterocycles. The second-order valence-corrected chi connectivity index (χ2v) is 2.86. The minimum Gasteiger partial charge on any atom is -0.480 e. The molecule has 0 atom stereocenters. The van der Waals surface area contributed by atoms with Crippen LogP contribution in [0.5, 0.6) is 0 Å². The first kappa shape index (κ1) is 11.9. The van der Waals surface area contributed by atoms with Gasteiger partial charge in [-0.3, -0.25) is 4.79 Å². The number of carbonyl (C=O) groups is 1. The van der Waals surface area contributed by atoms with Crippen molar-refractivity contribution in [2.24, 2.45) is 0 Å². The third kappa shape index (κ3) is 17.9. The molecule has 0 heterocycles. The topological polar surface area (TPSA) is 37.3 Å². The fourth-order valence-electron chi connectivity index (χ4n) is 0. The molecule has 0 spiro atoms. The highest BCUT2D eigenvalue weighted by Gasteiger charge is 2.01. The van der Waals surface area contributed by atoms with Crippen LogP contribution in [0.2, 0.25) is 0 Å². The van der Waals surface area contributed by atoms with E-state index in [1.165, 1.54) is 6.42 Å². The lowest BCUT2D eigenvalue weighted by Gasteiger charge is -1.87. The van der Waals surface area contributed by atoms with Gasteiger partial charge in [0.25, 0.3) is 0 Å². The molecule has 0 aromatic rings. The molecule has 0 aromatic carbocycles. The summed E-state index contributed by atoms with van der Waals surface area (Å²) in [6.07, 6.45) is 1.25. The highest BCUT2D eigenvalue weighted by atomic mass is 32.2. The molecule has 0 fully saturated rings. The molecule has 4 heteroatoms. The molecular weight excluding hydrogens is 156 g/mol. The van der Waals surface area contributed by atoms with Gasteiger partial charge in [-0.05, 0) is 0 Å². The monoisotopic (exact) mass is 168 g/mol. The van der Waals surface area contributed by atoms with E-state index in [-0.39, 0.29) is 0 Å². The van der Waals surface area contributed by atoms with E-state index < -0.39 is 10.6 Å². The third-order valence-corrected chi connectivity index (χ3v) is 0.663. The number of aliphatic carboxylic acids is 1. The Morgan fingerprint density at radius 2 is 1.67 bits per heavy atom. The average molecular weight is 168 g/mol. The van der Waals surface area contributed by atoms with E-state index in [4.69, 9.17) is 5.11 Å². The van der Waals surface area contributed by atoms with E-state index in [0.717, 1.165) is 0 Å². The van der Waals surface area contributed by atoms with Crippen molar-refractivity contribution in [2.45, 2.75) is 24.9 Å². The Bertz CT molecular complexity index is 73.4. The third-order valence-electron chi connectivity index (χ3n) is 0.221. The molecule has 1 N–H and O–H groups in total. The first-order valence-electron chi connectivity index (χ1n) is 2.65. The van der Waals surface area contributed by atoms with Crippen molar-refractivity contribution in [3.63, 3.8) is 0 Å². The second-order valence-electron chi connectivity index (χ2n) is 1.42. The first-order valence-corrected chi connectivity index (χ1v) is 3.68. The number of thiol groups is 2. The number of carboxylic acids is 1. The molecule has 0 aliphatic carbocycles. The summed E-state index contributed by atoms with van der Waals surface area (Å²) in [6.45, 7) is 4.25. The molecular formula is C5H12O2S2. The Morgan fingerprint density at radius 1 is 1.56 bits per heavy atom. The number of hydrogen-bond donors (Lipinski definition) is 3. The second kappa shape index (κ2) is 8.17. The molecule has 0 unspecified atom stereocenters. The Kier molecular flexibility index (Phi) is 10.8. The summed E-state index contributed by atoms with van der Waals surface area (Å²) in [6, 6.07) is 0. The zero-order valence-electron chi connectivity index (χ0n) is 5.53. The van der Waals surface area contributed by atoms with Crippen molar-refractivity contribution in [3.8, 4) is 0 Å². The van der Waals surface area contributed by atoms with Crippen LogP contribution < -0.4 is 0 Å². The molecule has 0 radical (unpaired) electrons. The van der Waals surface area contributed by atoms with Gasteiger partial charge in [-0.1, -0.05) is 20.3 Å². The van der Waals surface area contributed by atoms with Gasteiger partial charge in [0.2, 0.25) is 0 Å². The molecule has 0 aromatic heterocycles. The van der Waals surface area contributed by atoms with Crippen molar-refractivity contribution in [3.05, 3.63) is 0 Å². The zero-order chi connectivity index (χ0) is 7.86. The van der Waals surface area contributed by atoms with Crippen LogP contribution in [0.15, 0.2) is 0 Å². The van der Waals surface area contributed by atoms with Gasteiger partial charge in [-0.2, -0.15) is 25.3 Å². The molecule has 0 aliphatic rings. The van der Waals surface area contributed by atoms with Gasteiger partial charge in [0.1, 0.15) is 4.58 Å². The number of rotatable bonds is 1. The van der Waals surface area contributed by atoms with Crippen molar-refractivity contribution in [1.29, 1.82) is 0 Å². The molecule has 0 aliphatic heterocycles. The lowest BCUT2D eigenvalue weighted by atomic mass is 10.6. The Labute approximate surface area is 66.5 Å². The van der Waals surface area contributed by atoms with Gasteiger partial charge in [0.15, 0.2) is 0 Å². The van der Waals surface area contributed by atoms with Gasteiger partial charge >= 0.3 is 5.97 Å². The largest absolute Gasteiger partial charge is 0.480 e. The summed E-state index contributed by atoms with van der Waals surface area (Å²) in [7, 11) is 0. The average Bonchev–Trinajstić information content (AvgIpc) is 1.68. The maximum Gasteiger partial charge on any atom is 0.326 e. The van der Waals surface area contributed by atoms with Crippen LogP contribution in [0.1, 0.15) is 20.3 Å². The van der Waals surface area contributed by atoms with Crippen molar-refractivity contribution >= 4 is 31.2 Å². The maximum atomic E-state index is 9.55. The SMILES string of the molecule is CCC.O=C(O)C(S)S. The summed E-state index contributed by atoms with van der Waals surface area (Å²) >= 11 is 6.92. The highest BCUT2D eigenvalue weighted by Crippen LogP contribution is 1.96. The van der Waals surface area contributed by atoms with Gasteiger partial charge in [0.05, 0.1) is 0 Å². The summed E-state index contributed by atoms with van der Waals surface area (Å²) in [4.78, 5) is 9.55. The van der Waals surface area contributed by atoms with Crippen molar-refractivity contribution in [2.75, 3.05) is 0 Å². The maximum absolute atomic E-state index is 9.55. The van der Waals surface area contributed by atoms with Crippen LogP contribution >= 0.6 is 25.3 Å². The fraction of sp³-hybridized carbons (Fsp3) is 0.800. The molecule has 9 heavy (non-hydrogen) atoms. The van der Waals surface area contributed by atoms with Crippen molar-refractivity contribution in [1.82, 2.24) is 0 Å². The normalized spacial score (nSPS) is 8.11. The minimum atomic E-state index is -1.01. The van der Waals surface area contributed by atoms with Crippen LogP contribution in [-0.2, 0) is 4.79 Å².